The minimum atomic E-state index is -0.934. The van der Waals surface area contributed by atoms with Gasteiger partial charge in [-0.05, 0) is 62.1 Å². The Hall–Kier alpha value is -2.90. The van der Waals surface area contributed by atoms with Crippen molar-refractivity contribution in [2.75, 3.05) is 6.61 Å². The van der Waals surface area contributed by atoms with Crippen LogP contribution in [0.2, 0.25) is 0 Å². The van der Waals surface area contributed by atoms with Crippen molar-refractivity contribution in [2.24, 2.45) is 5.92 Å². The molecule has 2 N–H and O–H groups in total. The van der Waals surface area contributed by atoms with Gasteiger partial charge in [0, 0.05) is 0 Å². The average molecular weight is 401 g/mol. The summed E-state index contributed by atoms with van der Waals surface area (Å²) in [5.74, 6) is -1.24. The number of nitrogens with zero attached hydrogens (tertiary/aromatic N) is 1. The molecule has 1 heterocycles. The fourth-order valence-corrected chi connectivity index (χ4v) is 3.75. The van der Waals surface area contributed by atoms with Crippen LogP contribution in [0.5, 0.6) is 0 Å². The van der Waals surface area contributed by atoms with Crippen LogP contribution in [-0.2, 0) is 25.5 Å². The SMILES string of the molecule is Cc1ccc(CC(=O)OCC(=O)NN2C(=O)NC3(CCC(C)CC3)C2=O)cc1C. The van der Waals surface area contributed by atoms with Gasteiger partial charge in [0.15, 0.2) is 6.61 Å². The third-order valence-electron chi connectivity index (χ3n) is 5.81. The quantitative estimate of drug-likeness (QED) is 0.579. The van der Waals surface area contributed by atoms with Crippen LogP contribution in [-0.4, -0.2) is 41.0 Å². The zero-order valence-electron chi connectivity index (χ0n) is 17.0. The van der Waals surface area contributed by atoms with Crippen LogP contribution in [0.25, 0.3) is 0 Å². The molecule has 8 nitrogen and oxygen atoms in total. The van der Waals surface area contributed by atoms with Gasteiger partial charge in [-0.2, -0.15) is 5.01 Å². The summed E-state index contributed by atoms with van der Waals surface area (Å²) in [4.78, 5) is 49.0. The summed E-state index contributed by atoms with van der Waals surface area (Å²) in [6, 6.07) is 5.00. The van der Waals surface area contributed by atoms with E-state index in [1.807, 2.05) is 32.0 Å². The standard InChI is InChI=1S/C21H27N3O5/c1-13-6-8-21(9-7-13)19(27)24(20(28)22-21)23-17(25)12-29-18(26)11-16-5-4-14(2)15(3)10-16/h4-5,10,13H,6-9,11-12H2,1-3H3,(H,22,28)(H,23,25). The van der Waals surface area contributed by atoms with Crippen LogP contribution in [0.1, 0.15) is 49.3 Å². The summed E-state index contributed by atoms with van der Waals surface area (Å²) in [6.45, 7) is 5.48. The Morgan fingerprint density at radius 2 is 1.90 bits per heavy atom. The Bertz CT molecular complexity index is 843. The van der Waals surface area contributed by atoms with Crippen molar-refractivity contribution >= 4 is 23.8 Å². The molecule has 0 bridgehead atoms. The molecule has 0 atom stereocenters. The smallest absolute Gasteiger partial charge is 0.344 e. The summed E-state index contributed by atoms with van der Waals surface area (Å²) in [7, 11) is 0. The fraction of sp³-hybridized carbons (Fsp3) is 0.524. The monoisotopic (exact) mass is 401 g/mol. The predicted octanol–water partition coefficient (Wildman–Crippen LogP) is 1.92. The Morgan fingerprint density at radius 3 is 2.55 bits per heavy atom. The summed E-state index contributed by atoms with van der Waals surface area (Å²) in [5.41, 5.74) is 4.30. The van der Waals surface area contributed by atoms with Gasteiger partial charge in [0.1, 0.15) is 5.54 Å². The molecule has 1 spiro atoms. The van der Waals surface area contributed by atoms with Crippen LogP contribution < -0.4 is 10.7 Å². The highest BCUT2D eigenvalue weighted by Gasteiger charge is 2.52. The molecule has 1 aromatic rings. The van der Waals surface area contributed by atoms with Crippen LogP contribution in [0, 0.1) is 19.8 Å². The number of hydrazine groups is 1. The van der Waals surface area contributed by atoms with Crippen molar-refractivity contribution < 1.29 is 23.9 Å². The molecule has 2 fully saturated rings. The van der Waals surface area contributed by atoms with E-state index in [0.717, 1.165) is 29.5 Å². The first-order chi connectivity index (χ1) is 13.7. The molecule has 1 saturated carbocycles. The lowest BCUT2D eigenvalue weighted by Crippen LogP contribution is -2.52. The lowest BCUT2D eigenvalue weighted by atomic mass is 9.77. The summed E-state index contributed by atoms with van der Waals surface area (Å²) >= 11 is 0. The van der Waals surface area contributed by atoms with E-state index < -0.39 is 36.0 Å². The van der Waals surface area contributed by atoms with E-state index in [9.17, 15) is 19.2 Å². The number of aryl methyl sites for hydroxylation is 2. The molecule has 1 saturated heterocycles. The van der Waals surface area contributed by atoms with Gasteiger partial charge < -0.3 is 10.1 Å². The highest BCUT2D eigenvalue weighted by atomic mass is 16.5. The first-order valence-electron chi connectivity index (χ1n) is 9.88. The van der Waals surface area contributed by atoms with E-state index in [-0.39, 0.29) is 6.42 Å². The Balaban J connectivity index is 1.50. The zero-order chi connectivity index (χ0) is 21.2. The summed E-state index contributed by atoms with van der Waals surface area (Å²) in [5, 5.41) is 3.42. The van der Waals surface area contributed by atoms with E-state index in [2.05, 4.69) is 17.7 Å². The van der Waals surface area contributed by atoms with Gasteiger partial charge in [-0.1, -0.05) is 25.1 Å². The van der Waals surface area contributed by atoms with E-state index >= 15 is 0 Å². The maximum atomic E-state index is 12.7. The number of amides is 4. The number of hydrogen-bond acceptors (Lipinski definition) is 5. The summed E-state index contributed by atoms with van der Waals surface area (Å²) in [6.07, 6.45) is 2.82. The van der Waals surface area contributed by atoms with Gasteiger partial charge in [0.25, 0.3) is 11.8 Å². The van der Waals surface area contributed by atoms with Gasteiger partial charge >= 0.3 is 12.0 Å². The molecule has 1 aliphatic heterocycles. The number of esters is 1. The highest BCUT2D eigenvalue weighted by Crippen LogP contribution is 2.35. The van der Waals surface area contributed by atoms with Crippen LogP contribution >= 0.6 is 0 Å². The van der Waals surface area contributed by atoms with Crippen molar-refractivity contribution in [3.05, 3.63) is 34.9 Å². The molecular weight excluding hydrogens is 374 g/mol. The maximum Gasteiger partial charge on any atom is 0.344 e. The lowest BCUT2D eigenvalue weighted by molar-refractivity contribution is -0.150. The molecule has 1 aliphatic carbocycles. The second-order valence-corrected chi connectivity index (χ2v) is 8.13. The Morgan fingerprint density at radius 1 is 1.21 bits per heavy atom. The molecule has 0 aromatic heterocycles. The third kappa shape index (κ3) is 4.58. The average Bonchev–Trinajstić information content (AvgIpc) is 2.90. The lowest BCUT2D eigenvalue weighted by Gasteiger charge is -2.33. The number of carbonyl (C=O) groups is 4. The number of hydrogen-bond donors (Lipinski definition) is 2. The van der Waals surface area contributed by atoms with Gasteiger partial charge in [-0.25, -0.2) is 4.79 Å². The molecular formula is C21H27N3O5. The minimum absolute atomic E-state index is 0.0405. The molecule has 1 aromatic carbocycles. The van der Waals surface area contributed by atoms with Crippen LogP contribution in [0.4, 0.5) is 4.79 Å². The highest BCUT2D eigenvalue weighted by molar-refractivity contribution is 6.08. The zero-order valence-corrected chi connectivity index (χ0v) is 17.0. The van der Waals surface area contributed by atoms with Crippen molar-refractivity contribution in [3.63, 3.8) is 0 Å². The molecule has 4 amide bonds. The molecule has 3 rings (SSSR count). The van der Waals surface area contributed by atoms with E-state index in [1.165, 1.54) is 0 Å². The number of imide groups is 1. The van der Waals surface area contributed by atoms with Crippen molar-refractivity contribution in [1.29, 1.82) is 0 Å². The number of rotatable bonds is 5. The fourth-order valence-electron chi connectivity index (χ4n) is 3.75. The van der Waals surface area contributed by atoms with Crippen LogP contribution in [0.3, 0.4) is 0 Å². The number of urea groups is 1. The van der Waals surface area contributed by atoms with Crippen molar-refractivity contribution in [1.82, 2.24) is 15.8 Å². The van der Waals surface area contributed by atoms with E-state index in [4.69, 9.17) is 4.74 Å². The number of nitrogens with one attached hydrogen (secondary N) is 2. The van der Waals surface area contributed by atoms with Gasteiger partial charge in [0.05, 0.1) is 6.42 Å². The molecule has 29 heavy (non-hydrogen) atoms. The van der Waals surface area contributed by atoms with Crippen LogP contribution in [0.15, 0.2) is 18.2 Å². The van der Waals surface area contributed by atoms with Crippen molar-refractivity contribution in [3.8, 4) is 0 Å². The molecule has 0 unspecified atom stereocenters. The number of carbonyl (C=O) groups excluding carboxylic acids is 4. The molecule has 8 heteroatoms. The normalized spacial score (nSPS) is 23.8. The summed E-state index contributed by atoms with van der Waals surface area (Å²) < 4.78 is 4.99. The van der Waals surface area contributed by atoms with Gasteiger partial charge in [-0.3, -0.25) is 19.8 Å². The molecule has 0 radical (unpaired) electrons. The minimum Gasteiger partial charge on any atom is -0.455 e. The molecule has 156 valence electrons. The molecule has 2 aliphatic rings. The number of benzene rings is 1. The first-order valence-corrected chi connectivity index (χ1v) is 9.88. The maximum absolute atomic E-state index is 12.7. The van der Waals surface area contributed by atoms with E-state index in [1.54, 1.807) is 0 Å². The second kappa shape index (κ2) is 8.23. The third-order valence-corrected chi connectivity index (χ3v) is 5.81. The van der Waals surface area contributed by atoms with Crippen molar-refractivity contribution in [2.45, 2.75) is 58.4 Å². The van der Waals surface area contributed by atoms with E-state index in [0.29, 0.717) is 23.8 Å². The van der Waals surface area contributed by atoms with Gasteiger partial charge in [0.2, 0.25) is 0 Å². The van der Waals surface area contributed by atoms with Gasteiger partial charge in [-0.15, -0.1) is 0 Å². The Kier molecular flexibility index (Phi) is 5.91. The number of ether oxygens (including phenoxy) is 1. The second-order valence-electron chi connectivity index (χ2n) is 8.13. The Labute approximate surface area is 169 Å². The first kappa shape index (κ1) is 20.8. The predicted molar refractivity (Wildman–Crippen MR) is 104 cm³/mol. The largest absolute Gasteiger partial charge is 0.455 e. The topological polar surface area (TPSA) is 105 Å².